The molecule has 0 aliphatic carbocycles. The second-order valence-electron chi connectivity index (χ2n) is 3.42. The van der Waals surface area contributed by atoms with Crippen molar-refractivity contribution in [2.75, 3.05) is 5.32 Å². The maximum absolute atomic E-state index is 13.0. The van der Waals surface area contributed by atoms with Crippen molar-refractivity contribution in [1.82, 2.24) is 4.98 Å². The molecule has 0 fully saturated rings. The molecule has 2 aromatic rings. The van der Waals surface area contributed by atoms with Crippen LogP contribution in [0.1, 0.15) is 5.69 Å². The molecule has 0 saturated heterocycles. The van der Waals surface area contributed by atoms with E-state index in [1.165, 1.54) is 12.1 Å². The van der Waals surface area contributed by atoms with E-state index in [-0.39, 0.29) is 10.0 Å². The van der Waals surface area contributed by atoms with Crippen molar-refractivity contribution >= 4 is 28.9 Å². The summed E-state index contributed by atoms with van der Waals surface area (Å²) < 4.78 is 13.0. The summed E-state index contributed by atoms with van der Waals surface area (Å²) in [5.41, 5.74) is 1.37. The zero-order chi connectivity index (χ0) is 12.3. The fourth-order valence-corrected chi connectivity index (χ4v) is 1.99. The Morgan fingerprint density at radius 1 is 1.18 bits per heavy atom. The van der Waals surface area contributed by atoms with Crippen LogP contribution in [0.15, 0.2) is 36.5 Å². The molecule has 0 aliphatic heterocycles. The lowest BCUT2D eigenvalue weighted by Crippen LogP contribution is -2.02. The highest BCUT2D eigenvalue weighted by Crippen LogP contribution is 2.31. The molecule has 88 valence electrons. The summed E-state index contributed by atoms with van der Waals surface area (Å²) in [7, 11) is 0. The number of hydrogen-bond acceptors (Lipinski definition) is 2. The van der Waals surface area contributed by atoms with Crippen LogP contribution in [0, 0.1) is 5.82 Å². The predicted molar refractivity (Wildman–Crippen MR) is 68.0 cm³/mol. The Morgan fingerprint density at radius 2 is 1.88 bits per heavy atom. The molecular weight excluding hydrogens is 262 g/mol. The lowest BCUT2D eigenvalue weighted by molar-refractivity contribution is 0.628. The average molecular weight is 271 g/mol. The molecule has 5 heteroatoms. The first-order chi connectivity index (χ1) is 8.16. The summed E-state index contributed by atoms with van der Waals surface area (Å²) in [5, 5.41) is 3.54. The minimum atomic E-state index is -0.455. The third kappa shape index (κ3) is 3.08. The molecule has 0 saturated carbocycles. The molecular formula is C12H9Cl2FN2. The highest BCUT2D eigenvalue weighted by Gasteiger charge is 2.08. The zero-order valence-electron chi connectivity index (χ0n) is 8.75. The number of rotatable bonds is 3. The molecule has 0 atom stereocenters. The lowest BCUT2D eigenvalue weighted by atomic mass is 10.3. The van der Waals surface area contributed by atoms with Crippen LogP contribution in [0.2, 0.25) is 10.0 Å². The molecule has 0 amide bonds. The van der Waals surface area contributed by atoms with E-state index in [0.29, 0.717) is 12.2 Å². The molecule has 17 heavy (non-hydrogen) atoms. The number of pyridine rings is 1. The SMILES string of the molecule is Fc1cc(Cl)c(NCc2ccccn2)c(Cl)c1. The fraction of sp³-hybridized carbons (Fsp3) is 0.0833. The van der Waals surface area contributed by atoms with Gasteiger partial charge in [0.25, 0.3) is 0 Å². The summed E-state index contributed by atoms with van der Waals surface area (Å²) in [4.78, 5) is 4.15. The van der Waals surface area contributed by atoms with Crippen molar-refractivity contribution in [3.8, 4) is 0 Å². The van der Waals surface area contributed by atoms with Crippen molar-refractivity contribution < 1.29 is 4.39 Å². The minimum Gasteiger partial charge on any atom is -0.377 e. The van der Waals surface area contributed by atoms with E-state index in [1.54, 1.807) is 6.20 Å². The first-order valence-electron chi connectivity index (χ1n) is 4.95. The maximum Gasteiger partial charge on any atom is 0.126 e. The number of benzene rings is 1. The minimum absolute atomic E-state index is 0.255. The van der Waals surface area contributed by atoms with Gasteiger partial charge in [-0.15, -0.1) is 0 Å². The Hall–Kier alpha value is -1.32. The van der Waals surface area contributed by atoms with Crippen molar-refractivity contribution in [3.05, 3.63) is 58.1 Å². The highest BCUT2D eigenvalue weighted by atomic mass is 35.5. The van der Waals surface area contributed by atoms with Crippen LogP contribution in [-0.2, 0) is 6.54 Å². The predicted octanol–water partition coefficient (Wildman–Crippen LogP) is 4.14. The topological polar surface area (TPSA) is 24.9 Å². The Morgan fingerprint density at radius 3 is 2.47 bits per heavy atom. The van der Waals surface area contributed by atoms with Crippen molar-refractivity contribution in [3.63, 3.8) is 0 Å². The molecule has 1 aromatic carbocycles. The third-order valence-electron chi connectivity index (χ3n) is 2.18. The summed E-state index contributed by atoms with van der Waals surface area (Å²) >= 11 is 11.8. The van der Waals surface area contributed by atoms with Crippen LogP contribution >= 0.6 is 23.2 Å². The first-order valence-corrected chi connectivity index (χ1v) is 5.71. The van der Waals surface area contributed by atoms with Gasteiger partial charge < -0.3 is 5.32 Å². The van der Waals surface area contributed by atoms with E-state index in [2.05, 4.69) is 10.3 Å². The monoisotopic (exact) mass is 270 g/mol. The molecule has 0 aliphatic rings. The van der Waals surface area contributed by atoms with Gasteiger partial charge in [-0.3, -0.25) is 4.98 Å². The van der Waals surface area contributed by atoms with Gasteiger partial charge in [0, 0.05) is 6.20 Å². The van der Waals surface area contributed by atoms with Gasteiger partial charge in [0.2, 0.25) is 0 Å². The second-order valence-corrected chi connectivity index (χ2v) is 4.23. The normalized spacial score (nSPS) is 10.3. The third-order valence-corrected chi connectivity index (χ3v) is 2.78. The van der Waals surface area contributed by atoms with E-state index in [1.807, 2.05) is 18.2 Å². The van der Waals surface area contributed by atoms with Crippen molar-refractivity contribution in [1.29, 1.82) is 0 Å². The van der Waals surface area contributed by atoms with Crippen LogP contribution < -0.4 is 5.32 Å². The number of aromatic nitrogens is 1. The summed E-state index contributed by atoms with van der Waals surface area (Å²) in [6.07, 6.45) is 1.70. The van der Waals surface area contributed by atoms with Gasteiger partial charge in [-0.05, 0) is 24.3 Å². The van der Waals surface area contributed by atoms with E-state index in [9.17, 15) is 4.39 Å². The zero-order valence-corrected chi connectivity index (χ0v) is 10.3. The van der Waals surface area contributed by atoms with E-state index >= 15 is 0 Å². The second kappa shape index (κ2) is 5.34. The molecule has 2 rings (SSSR count). The molecule has 2 nitrogen and oxygen atoms in total. The number of nitrogens with one attached hydrogen (secondary N) is 1. The quantitative estimate of drug-likeness (QED) is 0.907. The Kier molecular flexibility index (Phi) is 3.82. The highest BCUT2D eigenvalue weighted by molar-refractivity contribution is 6.39. The molecule has 1 heterocycles. The largest absolute Gasteiger partial charge is 0.377 e. The van der Waals surface area contributed by atoms with Crippen molar-refractivity contribution in [2.45, 2.75) is 6.54 Å². The van der Waals surface area contributed by atoms with Crippen LogP contribution in [0.5, 0.6) is 0 Å². The lowest BCUT2D eigenvalue weighted by Gasteiger charge is -2.10. The summed E-state index contributed by atoms with van der Waals surface area (Å²) in [6.45, 7) is 0.478. The smallest absolute Gasteiger partial charge is 0.126 e. The van der Waals surface area contributed by atoms with Gasteiger partial charge in [-0.2, -0.15) is 0 Å². The number of anilines is 1. The molecule has 1 N–H and O–H groups in total. The van der Waals surface area contributed by atoms with Gasteiger partial charge in [0.1, 0.15) is 5.82 Å². The van der Waals surface area contributed by atoms with Gasteiger partial charge in [0.15, 0.2) is 0 Å². The molecule has 0 unspecified atom stereocenters. The first kappa shape index (κ1) is 12.1. The van der Waals surface area contributed by atoms with E-state index in [0.717, 1.165) is 5.69 Å². The number of nitrogens with zero attached hydrogens (tertiary/aromatic N) is 1. The summed E-state index contributed by atoms with van der Waals surface area (Å²) in [5.74, 6) is -0.455. The molecule has 0 radical (unpaired) electrons. The average Bonchev–Trinajstić information content (AvgIpc) is 2.29. The van der Waals surface area contributed by atoms with E-state index in [4.69, 9.17) is 23.2 Å². The Bertz CT molecular complexity index is 494. The fourth-order valence-electron chi connectivity index (χ4n) is 1.39. The summed E-state index contributed by atoms with van der Waals surface area (Å²) in [6, 6.07) is 8.03. The van der Waals surface area contributed by atoms with Crippen LogP contribution in [-0.4, -0.2) is 4.98 Å². The van der Waals surface area contributed by atoms with Crippen LogP contribution in [0.3, 0.4) is 0 Å². The van der Waals surface area contributed by atoms with Crippen LogP contribution in [0.25, 0.3) is 0 Å². The number of hydrogen-bond donors (Lipinski definition) is 1. The van der Waals surface area contributed by atoms with Crippen LogP contribution in [0.4, 0.5) is 10.1 Å². The number of halogens is 3. The van der Waals surface area contributed by atoms with Gasteiger partial charge >= 0.3 is 0 Å². The molecule has 0 bridgehead atoms. The van der Waals surface area contributed by atoms with Crippen molar-refractivity contribution in [2.24, 2.45) is 0 Å². The van der Waals surface area contributed by atoms with E-state index < -0.39 is 5.82 Å². The van der Waals surface area contributed by atoms with Gasteiger partial charge in [0.05, 0.1) is 28.0 Å². The standard InChI is InChI=1S/C12H9Cl2FN2/c13-10-5-8(15)6-11(14)12(10)17-7-9-3-1-2-4-16-9/h1-6,17H,7H2. The maximum atomic E-state index is 13.0. The Balaban J connectivity index is 2.15. The Labute approximate surface area is 108 Å². The van der Waals surface area contributed by atoms with Gasteiger partial charge in [-0.1, -0.05) is 29.3 Å². The van der Waals surface area contributed by atoms with Gasteiger partial charge in [-0.25, -0.2) is 4.39 Å². The molecule has 1 aromatic heterocycles. The molecule has 0 spiro atoms.